The molecule has 13 heavy (non-hydrogen) atoms. The molecule has 2 nitrogen and oxygen atoms in total. The van der Waals surface area contributed by atoms with Crippen molar-refractivity contribution >= 4 is 0 Å². The maximum Gasteiger partial charge on any atom is 0.115 e. The molecule has 1 aromatic carbocycles. The number of phenols is 1. The summed E-state index contributed by atoms with van der Waals surface area (Å²) in [6.45, 7) is 2.26. The quantitative estimate of drug-likeness (QED) is 0.610. The molecule has 2 aliphatic carbocycles. The summed E-state index contributed by atoms with van der Waals surface area (Å²) in [5, 5.41) is 12.9. The number of phenolic OH excluding ortho intramolecular Hbond substituents is 1. The second kappa shape index (κ2) is 1.50. The summed E-state index contributed by atoms with van der Waals surface area (Å²) in [4.78, 5) is 0. The lowest BCUT2D eigenvalue weighted by atomic mass is 9.70. The predicted molar refractivity (Wildman–Crippen MR) is 48.9 cm³/mol. The van der Waals surface area contributed by atoms with Gasteiger partial charge in [0.15, 0.2) is 0 Å². The Labute approximate surface area is 76.6 Å². The first-order valence-corrected chi connectivity index (χ1v) is 4.83. The van der Waals surface area contributed by atoms with Gasteiger partial charge in [-0.25, -0.2) is 0 Å². The third-order valence-corrected chi connectivity index (χ3v) is 4.28. The molecule has 2 N–H and O–H groups in total. The van der Waals surface area contributed by atoms with E-state index < -0.39 is 0 Å². The maximum absolute atomic E-state index is 9.40. The molecule has 2 atom stereocenters. The summed E-state index contributed by atoms with van der Waals surface area (Å²) in [7, 11) is 0. The minimum Gasteiger partial charge on any atom is -0.508 e. The molecule has 1 heterocycles. The molecule has 4 rings (SSSR count). The second-order valence-electron chi connectivity index (χ2n) is 4.67. The van der Waals surface area contributed by atoms with E-state index in [2.05, 4.69) is 11.4 Å². The summed E-state index contributed by atoms with van der Waals surface area (Å²) in [6.07, 6.45) is 1.31. The van der Waals surface area contributed by atoms with Gasteiger partial charge >= 0.3 is 0 Å². The molecular formula is C11H11NO. The molecule has 3 aliphatic rings. The number of aromatic hydroxyl groups is 1. The first-order valence-electron chi connectivity index (χ1n) is 4.83. The Morgan fingerprint density at radius 2 is 1.92 bits per heavy atom. The van der Waals surface area contributed by atoms with Crippen molar-refractivity contribution < 1.29 is 5.11 Å². The number of nitrogens with one attached hydrogen (secondary N) is 1. The normalized spacial score (nSPS) is 43.1. The van der Waals surface area contributed by atoms with Crippen LogP contribution in [0.3, 0.4) is 0 Å². The van der Waals surface area contributed by atoms with Gasteiger partial charge in [-0.2, -0.15) is 0 Å². The van der Waals surface area contributed by atoms with Crippen molar-refractivity contribution in [3.8, 4) is 5.75 Å². The van der Waals surface area contributed by atoms with Crippen LogP contribution in [0.1, 0.15) is 17.5 Å². The number of hydrogen-bond donors (Lipinski definition) is 2. The zero-order valence-corrected chi connectivity index (χ0v) is 7.30. The summed E-state index contributed by atoms with van der Waals surface area (Å²) < 4.78 is 0. The SMILES string of the molecule is Oc1ccc2c(c1)C13CNCC21C3. The molecule has 0 bridgehead atoms. The number of hydrogen-bond acceptors (Lipinski definition) is 2. The van der Waals surface area contributed by atoms with Crippen LogP contribution in [0.15, 0.2) is 18.2 Å². The van der Waals surface area contributed by atoms with Crippen molar-refractivity contribution in [2.24, 2.45) is 0 Å². The Kier molecular flexibility index (Phi) is 0.744. The molecule has 1 saturated heterocycles. The standard InChI is InChI=1S/C11H11NO/c13-7-1-2-8-9(3-7)11-4-10(8,11)5-12-6-11/h1-3,12-13H,4-6H2. The van der Waals surface area contributed by atoms with Gasteiger partial charge in [0.2, 0.25) is 0 Å². The summed E-state index contributed by atoms with van der Waals surface area (Å²) in [5.74, 6) is 0.417. The van der Waals surface area contributed by atoms with E-state index in [1.165, 1.54) is 17.5 Å². The highest BCUT2D eigenvalue weighted by Gasteiger charge is 2.79. The van der Waals surface area contributed by atoms with Crippen LogP contribution in [-0.4, -0.2) is 18.2 Å². The Morgan fingerprint density at radius 3 is 2.77 bits per heavy atom. The van der Waals surface area contributed by atoms with Gasteiger partial charge in [0.05, 0.1) is 0 Å². The zero-order valence-electron chi connectivity index (χ0n) is 7.30. The van der Waals surface area contributed by atoms with Crippen molar-refractivity contribution in [2.45, 2.75) is 17.3 Å². The zero-order chi connectivity index (χ0) is 8.68. The van der Waals surface area contributed by atoms with Gasteiger partial charge in [-0.15, -0.1) is 0 Å². The van der Waals surface area contributed by atoms with Crippen molar-refractivity contribution in [1.82, 2.24) is 5.32 Å². The summed E-state index contributed by atoms with van der Waals surface area (Å²) in [5.41, 5.74) is 3.80. The van der Waals surface area contributed by atoms with E-state index >= 15 is 0 Å². The number of rotatable bonds is 0. The Morgan fingerprint density at radius 1 is 1.15 bits per heavy atom. The van der Waals surface area contributed by atoms with E-state index in [0.29, 0.717) is 16.6 Å². The van der Waals surface area contributed by atoms with E-state index in [1.807, 2.05) is 12.1 Å². The van der Waals surface area contributed by atoms with E-state index in [-0.39, 0.29) is 0 Å². The third-order valence-electron chi connectivity index (χ3n) is 4.28. The fourth-order valence-electron chi connectivity index (χ4n) is 3.60. The first kappa shape index (κ1) is 6.44. The van der Waals surface area contributed by atoms with Crippen molar-refractivity contribution in [3.63, 3.8) is 0 Å². The van der Waals surface area contributed by atoms with Crippen LogP contribution in [0.5, 0.6) is 5.75 Å². The molecule has 1 aromatic rings. The van der Waals surface area contributed by atoms with E-state index in [1.54, 1.807) is 0 Å². The van der Waals surface area contributed by atoms with Gasteiger partial charge in [0, 0.05) is 23.9 Å². The summed E-state index contributed by atoms with van der Waals surface area (Å²) >= 11 is 0. The fraction of sp³-hybridized carbons (Fsp3) is 0.455. The van der Waals surface area contributed by atoms with Gasteiger partial charge in [-0.1, -0.05) is 6.07 Å². The Balaban J connectivity index is 2.01. The summed E-state index contributed by atoms with van der Waals surface area (Å²) in [6, 6.07) is 5.87. The van der Waals surface area contributed by atoms with Gasteiger partial charge in [-0.05, 0) is 29.7 Å². The van der Waals surface area contributed by atoms with Crippen molar-refractivity contribution in [2.75, 3.05) is 13.1 Å². The van der Waals surface area contributed by atoms with Crippen LogP contribution in [0.4, 0.5) is 0 Å². The average Bonchev–Trinajstić information content (AvgIpc) is 2.59. The highest BCUT2D eigenvalue weighted by atomic mass is 16.3. The third kappa shape index (κ3) is 0.438. The second-order valence-corrected chi connectivity index (χ2v) is 4.67. The molecule has 0 amide bonds. The topological polar surface area (TPSA) is 32.3 Å². The molecule has 0 aromatic heterocycles. The number of fused-ring (bicyclic) bond motifs is 1. The molecule has 2 heteroatoms. The Bertz CT molecular complexity index is 428. The minimum absolute atomic E-state index is 0.417. The van der Waals surface area contributed by atoms with Gasteiger partial charge < -0.3 is 10.4 Å². The fourth-order valence-corrected chi connectivity index (χ4v) is 3.60. The van der Waals surface area contributed by atoms with Crippen LogP contribution in [0, 0.1) is 0 Å². The lowest BCUT2D eigenvalue weighted by Gasteiger charge is -2.32. The molecule has 1 aliphatic heterocycles. The average molecular weight is 173 g/mol. The number of benzene rings is 1. The van der Waals surface area contributed by atoms with E-state index in [0.717, 1.165) is 13.1 Å². The lowest BCUT2D eigenvalue weighted by Crippen LogP contribution is -2.32. The van der Waals surface area contributed by atoms with Gasteiger partial charge in [-0.3, -0.25) is 0 Å². The Hall–Kier alpha value is -1.02. The van der Waals surface area contributed by atoms with Crippen LogP contribution in [0.2, 0.25) is 0 Å². The molecule has 2 unspecified atom stereocenters. The molecule has 66 valence electrons. The van der Waals surface area contributed by atoms with E-state index in [4.69, 9.17) is 0 Å². The maximum atomic E-state index is 9.40. The van der Waals surface area contributed by atoms with Gasteiger partial charge in [0.1, 0.15) is 5.75 Å². The molecular weight excluding hydrogens is 162 g/mol. The largest absolute Gasteiger partial charge is 0.508 e. The van der Waals surface area contributed by atoms with Crippen LogP contribution in [-0.2, 0) is 10.8 Å². The molecule has 0 spiro atoms. The van der Waals surface area contributed by atoms with Crippen molar-refractivity contribution in [1.29, 1.82) is 0 Å². The molecule has 1 saturated carbocycles. The first-order chi connectivity index (χ1) is 6.29. The molecule has 2 fully saturated rings. The van der Waals surface area contributed by atoms with E-state index in [9.17, 15) is 5.11 Å². The molecule has 0 radical (unpaired) electrons. The van der Waals surface area contributed by atoms with Crippen molar-refractivity contribution in [3.05, 3.63) is 29.3 Å². The highest BCUT2D eigenvalue weighted by molar-refractivity contribution is 5.68. The highest BCUT2D eigenvalue weighted by Crippen LogP contribution is 2.76. The van der Waals surface area contributed by atoms with Crippen LogP contribution in [0.25, 0.3) is 0 Å². The van der Waals surface area contributed by atoms with Crippen LogP contribution >= 0.6 is 0 Å². The lowest BCUT2D eigenvalue weighted by molar-refractivity contribution is 0.468. The monoisotopic (exact) mass is 173 g/mol. The minimum atomic E-state index is 0.417. The smallest absolute Gasteiger partial charge is 0.115 e. The van der Waals surface area contributed by atoms with Crippen LogP contribution < -0.4 is 5.32 Å². The predicted octanol–water partition coefficient (Wildman–Crippen LogP) is 0.888. The number of piperidine rings is 1. The van der Waals surface area contributed by atoms with Gasteiger partial charge in [0.25, 0.3) is 0 Å².